The van der Waals surface area contributed by atoms with Crippen LogP contribution in [0.4, 0.5) is 5.69 Å². The fourth-order valence-electron chi connectivity index (χ4n) is 1.43. The molecular weight excluding hydrogens is 206 g/mol. The third kappa shape index (κ3) is 2.84. The number of nitrogens with zero attached hydrogens (tertiary/aromatic N) is 1. The van der Waals surface area contributed by atoms with Gasteiger partial charge in [0, 0.05) is 6.07 Å². The van der Waals surface area contributed by atoms with Crippen LogP contribution in [-0.4, -0.2) is 19.3 Å². The SMILES string of the molecule is CCOc1cc(N=C=O)cc(C)c1OCC. The van der Waals surface area contributed by atoms with Gasteiger partial charge in [0.2, 0.25) is 6.08 Å². The van der Waals surface area contributed by atoms with Crippen LogP contribution in [0.1, 0.15) is 19.4 Å². The van der Waals surface area contributed by atoms with E-state index in [2.05, 4.69) is 4.99 Å². The first-order valence-corrected chi connectivity index (χ1v) is 5.21. The number of rotatable bonds is 5. The van der Waals surface area contributed by atoms with Crippen LogP contribution in [0.3, 0.4) is 0 Å². The predicted molar refractivity (Wildman–Crippen MR) is 61.3 cm³/mol. The third-order valence-electron chi connectivity index (χ3n) is 1.99. The van der Waals surface area contributed by atoms with Crippen molar-refractivity contribution in [3.05, 3.63) is 17.7 Å². The Morgan fingerprint density at radius 3 is 2.50 bits per heavy atom. The van der Waals surface area contributed by atoms with Crippen molar-refractivity contribution in [3.8, 4) is 11.5 Å². The Balaban J connectivity index is 3.20. The molecule has 0 radical (unpaired) electrons. The molecule has 0 N–H and O–H groups in total. The zero-order chi connectivity index (χ0) is 12.0. The van der Waals surface area contributed by atoms with E-state index in [1.54, 1.807) is 12.1 Å². The molecule has 0 aliphatic rings. The maximum absolute atomic E-state index is 10.2. The Hall–Kier alpha value is -1.80. The fourth-order valence-corrected chi connectivity index (χ4v) is 1.43. The molecule has 4 heteroatoms. The lowest BCUT2D eigenvalue weighted by Crippen LogP contribution is -2.00. The predicted octanol–water partition coefficient (Wildman–Crippen LogP) is 2.76. The lowest BCUT2D eigenvalue weighted by atomic mass is 10.2. The van der Waals surface area contributed by atoms with Gasteiger partial charge in [0.15, 0.2) is 11.5 Å². The van der Waals surface area contributed by atoms with E-state index in [4.69, 9.17) is 9.47 Å². The molecule has 1 rings (SSSR count). The van der Waals surface area contributed by atoms with Crippen molar-refractivity contribution in [2.75, 3.05) is 13.2 Å². The van der Waals surface area contributed by atoms with Crippen LogP contribution >= 0.6 is 0 Å². The second-order valence-corrected chi connectivity index (χ2v) is 3.16. The van der Waals surface area contributed by atoms with E-state index in [0.29, 0.717) is 30.4 Å². The van der Waals surface area contributed by atoms with Gasteiger partial charge in [-0.3, -0.25) is 0 Å². The van der Waals surface area contributed by atoms with Crippen molar-refractivity contribution >= 4 is 11.8 Å². The van der Waals surface area contributed by atoms with E-state index in [0.717, 1.165) is 5.56 Å². The van der Waals surface area contributed by atoms with Crippen molar-refractivity contribution in [1.29, 1.82) is 0 Å². The highest BCUT2D eigenvalue weighted by molar-refractivity contribution is 5.59. The summed E-state index contributed by atoms with van der Waals surface area (Å²) in [5, 5.41) is 0. The van der Waals surface area contributed by atoms with Crippen LogP contribution in [0.15, 0.2) is 17.1 Å². The van der Waals surface area contributed by atoms with Gasteiger partial charge >= 0.3 is 0 Å². The van der Waals surface area contributed by atoms with Gasteiger partial charge < -0.3 is 9.47 Å². The third-order valence-corrected chi connectivity index (χ3v) is 1.99. The van der Waals surface area contributed by atoms with Gasteiger partial charge in [-0.05, 0) is 32.4 Å². The molecule has 0 bridgehead atoms. The summed E-state index contributed by atoms with van der Waals surface area (Å²) in [4.78, 5) is 13.8. The number of benzene rings is 1. The Bertz CT molecular complexity index is 409. The van der Waals surface area contributed by atoms with E-state index in [-0.39, 0.29) is 0 Å². The summed E-state index contributed by atoms with van der Waals surface area (Å²) in [7, 11) is 0. The Kier molecular flexibility index (Phi) is 4.55. The molecule has 0 fully saturated rings. The van der Waals surface area contributed by atoms with Crippen molar-refractivity contribution in [1.82, 2.24) is 0 Å². The van der Waals surface area contributed by atoms with Crippen LogP contribution in [0.25, 0.3) is 0 Å². The van der Waals surface area contributed by atoms with Crippen molar-refractivity contribution in [2.45, 2.75) is 20.8 Å². The van der Waals surface area contributed by atoms with E-state index in [1.807, 2.05) is 20.8 Å². The summed E-state index contributed by atoms with van der Waals surface area (Å²) >= 11 is 0. The summed E-state index contributed by atoms with van der Waals surface area (Å²) < 4.78 is 10.9. The minimum Gasteiger partial charge on any atom is -0.490 e. The Morgan fingerprint density at radius 2 is 1.94 bits per heavy atom. The molecule has 0 aromatic heterocycles. The summed E-state index contributed by atoms with van der Waals surface area (Å²) in [6, 6.07) is 3.44. The summed E-state index contributed by atoms with van der Waals surface area (Å²) in [6.07, 6.45) is 1.51. The minimum atomic E-state index is 0.527. The Labute approximate surface area is 94.9 Å². The van der Waals surface area contributed by atoms with E-state index in [1.165, 1.54) is 6.08 Å². The van der Waals surface area contributed by atoms with E-state index >= 15 is 0 Å². The number of hydrogen-bond donors (Lipinski definition) is 0. The molecule has 0 saturated carbocycles. The van der Waals surface area contributed by atoms with E-state index in [9.17, 15) is 4.79 Å². The summed E-state index contributed by atoms with van der Waals surface area (Å²) in [5.74, 6) is 1.31. The quantitative estimate of drug-likeness (QED) is 0.567. The summed E-state index contributed by atoms with van der Waals surface area (Å²) in [6.45, 7) is 6.79. The Morgan fingerprint density at radius 1 is 1.25 bits per heavy atom. The zero-order valence-corrected chi connectivity index (χ0v) is 9.74. The number of isocyanates is 1. The number of aryl methyl sites for hydroxylation is 1. The average molecular weight is 221 g/mol. The normalized spacial score (nSPS) is 9.44. The van der Waals surface area contributed by atoms with Gasteiger partial charge in [0.1, 0.15) is 0 Å². The summed E-state index contributed by atoms with van der Waals surface area (Å²) in [5.41, 5.74) is 1.42. The maximum atomic E-state index is 10.2. The van der Waals surface area contributed by atoms with Crippen LogP contribution in [0.2, 0.25) is 0 Å². The molecule has 0 aliphatic heterocycles. The van der Waals surface area contributed by atoms with Crippen LogP contribution < -0.4 is 9.47 Å². The van der Waals surface area contributed by atoms with Crippen LogP contribution in [-0.2, 0) is 4.79 Å². The molecule has 0 unspecified atom stereocenters. The molecule has 0 heterocycles. The molecule has 4 nitrogen and oxygen atoms in total. The second kappa shape index (κ2) is 5.93. The molecule has 0 aliphatic carbocycles. The van der Waals surface area contributed by atoms with Crippen molar-refractivity contribution < 1.29 is 14.3 Å². The largest absolute Gasteiger partial charge is 0.490 e. The molecular formula is C12H15NO3. The molecule has 1 aromatic rings. The zero-order valence-electron chi connectivity index (χ0n) is 9.74. The highest BCUT2D eigenvalue weighted by atomic mass is 16.5. The highest BCUT2D eigenvalue weighted by Crippen LogP contribution is 2.35. The number of hydrogen-bond acceptors (Lipinski definition) is 4. The first-order valence-electron chi connectivity index (χ1n) is 5.21. The van der Waals surface area contributed by atoms with Crippen LogP contribution in [0.5, 0.6) is 11.5 Å². The molecule has 16 heavy (non-hydrogen) atoms. The number of ether oxygens (including phenoxy) is 2. The molecule has 0 atom stereocenters. The fraction of sp³-hybridized carbons (Fsp3) is 0.417. The average Bonchev–Trinajstić information content (AvgIpc) is 2.24. The second-order valence-electron chi connectivity index (χ2n) is 3.16. The number of carbonyl (C=O) groups excluding carboxylic acids is 1. The number of aliphatic imine (C=N–C) groups is 1. The van der Waals surface area contributed by atoms with Crippen molar-refractivity contribution in [2.24, 2.45) is 4.99 Å². The molecule has 0 amide bonds. The highest BCUT2D eigenvalue weighted by Gasteiger charge is 2.10. The van der Waals surface area contributed by atoms with Crippen molar-refractivity contribution in [3.63, 3.8) is 0 Å². The first-order chi connectivity index (χ1) is 7.72. The van der Waals surface area contributed by atoms with E-state index < -0.39 is 0 Å². The standard InChI is InChI=1S/C12H15NO3/c1-4-15-11-7-10(13-8-14)6-9(3)12(11)16-5-2/h6-7H,4-5H2,1-3H3. The first kappa shape index (κ1) is 12.3. The molecule has 1 aromatic carbocycles. The monoisotopic (exact) mass is 221 g/mol. The maximum Gasteiger partial charge on any atom is 0.240 e. The van der Waals surface area contributed by atoms with Gasteiger partial charge in [-0.15, -0.1) is 0 Å². The molecule has 86 valence electrons. The molecule has 0 spiro atoms. The lowest BCUT2D eigenvalue weighted by Gasteiger charge is -2.13. The van der Waals surface area contributed by atoms with Gasteiger partial charge in [-0.25, -0.2) is 4.79 Å². The van der Waals surface area contributed by atoms with Crippen LogP contribution in [0, 0.1) is 6.92 Å². The lowest BCUT2D eigenvalue weighted by molar-refractivity contribution is 0.286. The van der Waals surface area contributed by atoms with Gasteiger partial charge in [-0.2, -0.15) is 4.99 Å². The topological polar surface area (TPSA) is 47.9 Å². The minimum absolute atomic E-state index is 0.527. The van der Waals surface area contributed by atoms with Gasteiger partial charge in [0.05, 0.1) is 18.9 Å². The van der Waals surface area contributed by atoms with Gasteiger partial charge in [0.25, 0.3) is 0 Å². The molecule has 0 saturated heterocycles. The smallest absolute Gasteiger partial charge is 0.240 e. The van der Waals surface area contributed by atoms with Gasteiger partial charge in [-0.1, -0.05) is 0 Å².